The van der Waals surface area contributed by atoms with Crippen LogP contribution < -0.4 is 5.32 Å². The standard InChI is InChI=1S/C27H24N2O3/c30-26(20-13-5-2-6-14-20)24(23-17-9-10-18-28-23)25(19-11-3-1-4-12-19)29-22-16-8-7-15-21(22)27(31)32/h1-18,24-26,29-30H,(H,31,32). The number of nitrogens with zero attached hydrogens (tertiary/aromatic N) is 1. The summed E-state index contributed by atoms with van der Waals surface area (Å²) in [6.07, 6.45) is 0.827. The Balaban J connectivity index is 1.85. The topological polar surface area (TPSA) is 82.5 Å². The van der Waals surface area contributed by atoms with Gasteiger partial charge in [-0.1, -0.05) is 78.9 Å². The number of para-hydroxylation sites is 1. The third-order valence-corrected chi connectivity index (χ3v) is 5.50. The summed E-state index contributed by atoms with van der Waals surface area (Å²) < 4.78 is 0. The van der Waals surface area contributed by atoms with Crippen LogP contribution >= 0.6 is 0 Å². The molecule has 5 heteroatoms. The molecule has 0 amide bonds. The minimum absolute atomic E-state index is 0.169. The monoisotopic (exact) mass is 424 g/mol. The number of aromatic nitrogens is 1. The first kappa shape index (κ1) is 21.3. The molecule has 3 atom stereocenters. The fourth-order valence-electron chi connectivity index (χ4n) is 3.95. The van der Waals surface area contributed by atoms with E-state index in [-0.39, 0.29) is 5.56 Å². The van der Waals surface area contributed by atoms with Crippen LogP contribution in [0.4, 0.5) is 5.69 Å². The highest BCUT2D eigenvalue weighted by Crippen LogP contribution is 2.42. The molecular weight excluding hydrogens is 400 g/mol. The van der Waals surface area contributed by atoms with Crippen LogP contribution in [0.2, 0.25) is 0 Å². The Kier molecular flexibility index (Phi) is 6.58. The van der Waals surface area contributed by atoms with Crippen LogP contribution in [0.5, 0.6) is 0 Å². The van der Waals surface area contributed by atoms with E-state index in [1.54, 1.807) is 30.5 Å². The quantitative estimate of drug-likeness (QED) is 0.350. The van der Waals surface area contributed by atoms with Crippen LogP contribution in [0, 0.1) is 0 Å². The smallest absolute Gasteiger partial charge is 0.337 e. The fraction of sp³-hybridized carbons (Fsp3) is 0.111. The van der Waals surface area contributed by atoms with Crippen molar-refractivity contribution in [3.8, 4) is 0 Å². The van der Waals surface area contributed by atoms with Gasteiger partial charge in [0.25, 0.3) is 0 Å². The zero-order chi connectivity index (χ0) is 22.3. The second-order valence-electron chi connectivity index (χ2n) is 7.52. The number of carbonyl (C=O) groups is 1. The van der Waals surface area contributed by atoms with Gasteiger partial charge in [0.2, 0.25) is 0 Å². The van der Waals surface area contributed by atoms with Crippen molar-refractivity contribution in [2.24, 2.45) is 0 Å². The van der Waals surface area contributed by atoms with E-state index >= 15 is 0 Å². The number of aliphatic hydroxyl groups is 1. The van der Waals surface area contributed by atoms with Gasteiger partial charge in [-0.2, -0.15) is 0 Å². The maximum Gasteiger partial charge on any atom is 0.337 e. The number of aliphatic hydroxyl groups excluding tert-OH is 1. The largest absolute Gasteiger partial charge is 0.478 e. The molecule has 3 unspecified atom stereocenters. The van der Waals surface area contributed by atoms with Gasteiger partial charge in [-0.3, -0.25) is 4.98 Å². The lowest BCUT2D eigenvalue weighted by Gasteiger charge is -2.33. The van der Waals surface area contributed by atoms with Crippen LogP contribution in [-0.2, 0) is 0 Å². The summed E-state index contributed by atoms with van der Waals surface area (Å²) in [7, 11) is 0. The highest BCUT2D eigenvalue weighted by molar-refractivity contribution is 5.94. The van der Waals surface area contributed by atoms with Crippen molar-refractivity contribution in [3.63, 3.8) is 0 Å². The molecule has 3 N–H and O–H groups in total. The number of nitrogens with one attached hydrogen (secondary N) is 1. The van der Waals surface area contributed by atoms with Gasteiger partial charge in [-0.05, 0) is 35.4 Å². The predicted octanol–water partition coefficient (Wildman–Crippen LogP) is 5.45. The van der Waals surface area contributed by atoms with Crippen molar-refractivity contribution in [2.45, 2.75) is 18.1 Å². The van der Waals surface area contributed by atoms with Crippen LogP contribution in [0.1, 0.15) is 45.2 Å². The number of anilines is 1. The number of aromatic carboxylic acids is 1. The normalized spacial score (nSPS) is 13.7. The third-order valence-electron chi connectivity index (χ3n) is 5.50. The summed E-state index contributed by atoms with van der Waals surface area (Å²) in [5.74, 6) is -1.50. The Labute approximate surface area is 187 Å². The van der Waals surface area contributed by atoms with Crippen molar-refractivity contribution < 1.29 is 15.0 Å². The first-order chi connectivity index (χ1) is 15.6. The van der Waals surface area contributed by atoms with E-state index in [2.05, 4.69) is 10.3 Å². The molecule has 0 radical (unpaired) electrons. The molecule has 0 saturated carbocycles. The molecule has 5 nitrogen and oxygen atoms in total. The lowest BCUT2D eigenvalue weighted by molar-refractivity contribution is 0.0698. The molecule has 32 heavy (non-hydrogen) atoms. The van der Waals surface area contributed by atoms with Crippen LogP contribution in [0.3, 0.4) is 0 Å². The summed E-state index contributed by atoms with van der Waals surface area (Å²) >= 11 is 0. The van der Waals surface area contributed by atoms with Crippen LogP contribution in [-0.4, -0.2) is 21.2 Å². The molecule has 160 valence electrons. The average molecular weight is 425 g/mol. The minimum atomic E-state index is -1.02. The van der Waals surface area contributed by atoms with Gasteiger partial charge >= 0.3 is 5.97 Å². The Morgan fingerprint density at radius 2 is 1.34 bits per heavy atom. The minimum Gasteiger partial charge on any atom is -0.478 e. The Hall–Kier alpha value is -3.96. The molecule has 4 rings (SSSR count). The molecule has 1 aromatic heterocycles. The third kappa shape index (κ3) is 4.68. The Morgan fingerprint density at radius 3 is 1.97 bits per heavy atom. The van der Waals surface area contributed by atoms with E-state index in [9.17, 15) is 15.0 Å². The summed E-state index contributed by atoms with van der Waals surface area (Å²) in [5.41, 5.74) is 3.03. The number of hydrogen-bond acceptors (Lipinski definition) is 4. The molecule has 3 aromatic carbocycles. The number of carboxylic acid groups (broad SMARTS) is 1. The molecule has 0 saturated heterocycles. The van der Waals surface area contributed by atoms with E-state index in [4.69, 9.17) is 0 Å². The van der Waals surface area contributed by atoms with Crippen molar-refractivity contribution in [1.82, 2.24) is 4.98 Å². The van der Waals surface area contributed by atoms with Crippen molar-refractivity contribution in [2.75, 3.05) is 5.32 Å². The zero-order valence-corrected chi connectivity index (χ0v) is 17.4. The molecule has 4 aromatic rings. The van der Waals surface area contributed by atoms with Gasteiger partial charge in [0.1, 0.15) is 0 Å². The van der Waals surface area contributed by atoms with Crippen LogP contribution in [0.25, 0.3) is 0 Å². The van der Waals surface area contributed by atoms with Crippen molar-refractivity contribution in [1.29, 1.82) is 0 Å². The van der Waals surface area contributed by atoms with Gasteiger partial charge in [0.05, 0.1) is 23.6 Å². The summed E-state index contributed by atoms with van der Waals surface area (Å²) in [6.45, 7) is 0. The summed E-state index contributed by atoms with van der Waals surface area (Å²) in [5, 5.41) is 24.6. The second kappa shape index (κ2) is 9.90. The second-order valence-corrected chi connectivity index (χ2v) is 7.52. The number of hydrogen-bond donors (Lipinski definition) is 3. The SMILES string of the molecule is O=C(O)c1ccccc1NC(c1ccccc1)C(c1ccccn1)C(O)c1ccccc1. The van der Waals surface area contributed by atoms with E-state index in [0.717, 1.165) is 11.1 Å². The number of pyridine rings is 1. The highest BCUT2D eigenvalue weighted by atomic mass is 16.4. The highest BCUT2D eigenvalue weighted by Gasteiger charge is 2.33. The van der Waals surface area contributed by atoms with E-state index in [1.807, 2.05) is 78.9 Å². The van der Waals surface area contributed by atoms with E-state index in [1.165, 1.54) is 0 Å². The number of benzene rings is 3. The maximum absolute atomic E-state index is 11.8. The lowest BCUT2D eigenvalue weighted by Crippen LogP contribution is -2.26. The molecule has 0 fully saturated rings. The lowest BCUT2D eigenvalue weighted by atomic mass is 9.82. The van der Waals surface area contributed by atoms with E-state index < -0.39 is 24.0 Å². The fourth-order valence-corrected chi connectivity index (χ4v) is 3.95. The van der Waals surface area contributed by atoms with Gasteiger partial charge in [0.15, 0.2) is 0 Å². The Bertz CT molecular complexity index is 1150. The van der Waals surface area contributed by atoms with Gasteiger partial charge in [-0.15, -0.1) is 0 Å². The first-order valence-corrected chi connectivity index (χ1v) is 10.4. The molecule has 0 bridgehead atoms. The average Bonchev–Trinajstić information content (AvgIpc) is 2.85. The van der Waals surface area contributed by atoms with Crippen molar-refractivity contribution >= 4 is 11.7 Å². The maximum atomic E-state index is 11.8. The molecule has 0 aliphatic rings. The first-order valence-electron chi connectivity index (χ1n) is 10.4. The zero-order valence-electron chi connectivity index (χ0n) is 17.4. The van der Waals surface area contributed by atoms with Crippen LogP contribution in [0.15, 0.2) is 109 Å². The number of carboxylic acids is 1. The van der Waals surface area contributed by atoms with Crippen molar-refractivity contribution in [3.05, 3.63) is 132 Å². The van der Waals surface area contributed by atoms with Gasteiger partial charge < -0.3 is 15.5 Å². The summed E-state index contributed by atoms with van der Waals surface area (Å²) in [6, 6.07) is 31.1. The predicted molar refractivity (Wildman–Crippen MR) is 125 cm³/mol. The van der Waals surface area contributed by atoms with Gasteiger partial charge in [0, 0.05) is 17.6 Å². The Morgan fingerprint density at radius 1 is 0.750 bits per heavy atom. The summed E-state index contributed by atoms with van der Waals surface area (Å²) in [4.78, 5) is 16.4. The molecular formula is C27H24N2O3. The molecule has 0 aliphatic heterocycles. The van der Waals surface area contributed by atoms with Gasteiger partial charge in [-0.25, -0.2) is 4.79 Å². The molecule has 0 aliphatic carbocycles. The number of rotatable bonds is 8. The molecule has 1 heterocycles. The molecule has 0 spiro atoms. The van der Waals surface area contributed by atoms with E-state index in [0.29, 0.717) is 11.4 Å².